The summed E-state index contributed by atoms with van der Waals surface area (Å²) < 4.78 is 6.59. The van der Waals surface area contributed by atoms with Crippen LogP contribution in [-0.4, -0.2) is 4.98 Å². The maximum absolute atomic E-state index is 5.78. The lowest BCUT2D eigenvalue weighted by molar-refractivity contribution is 0.460. The van der Waals surface area contributed by atoms with Gasteiger partial charge in [-0.05, 0) is 40.8 Å². The van der Waals surface area contributed by atoms with Crippen LogP contribution in [0.3, 0.4) is 0 Å². The molecule has 0 aliphatic carbocycles. The van der Waals surface area contributed by atoms with E-state index in [-0.39, 0.29) is 0 Å². The molecule has 0 unspecified atom stereocenters. The number of nitrogens with zero attached hydrogens (tertiary/aromatic N) is 1. The average molecular weight is 347 g/mol. The Bertz CT molecular complexity index is 499. The molecule has 0 atom stereocenters. The summed E-state index contributed by atoms with van der Waals surface area (Å²) in [6.07, 6.45) is 0. The Morgan fingerprint density at radius 3 is 2.69 bits per heavy atom. The Balaban J connectivity index is 2.30. The molecule has 2 aromatic rings. The second-order valence-electron chi connectivity index (χ2n) is 3.09. The van der Waals surface area contributed by atoms with Crippen molar-refractivity contribution in [1.82, 2.24) is 4.98 Å². The van der Waals surface area contributed by atoms with E-state index in [1.807, 2.05) is 24.3 Å². The fraction of sp³-hybridized carbons (Fsp3) is 0. The highest BCUT2D eigenvalue weighted by molar-refractivity contribution is 14.1. The third-order valence-electron chi connectivity index (χ3n) is 1.84. The van der Waals surface area contributed by atoms with Crippen molar-refractivity contribution in [3.05, 3.63) is 45.1 Å². The largest absolute Gasteiger partial charge is 0.438 e. The second kappa shape index (κ2) is 4.88. The van der Waals surface area contributed by atoms with Crippen LogP contribution in [0.5, 0.6) is 11.6 Å². The van der Waals surface area contributed by atoms with Crippen LogP contribution in [0.25, 0.3) is 0 Å². The summed E-state index contributed by atoms with van der Waals surface area (Å²) in [4.78, 5) is 4.03. The lowest BCUT2D eigenvalue weighted by atomic mass is 10.3. The first-order valence-corrected chi connectivity index (χ1v) is 5.96. The monoisotopic (exact) mass is 346 g/mol. The minimum absolute atomic E-state index is 0.320. The number of nitrogens with two attached hydrogens (primary N) is 1. The number of ether oxygens (including phenoxy) is 1. The zero-order chi connectivity index (χ0) is 11.5. The Morgan fingerprint density at radius 1 is 1.25 bits per heavy atom. The maximum Gasteiger partial charge on any atom is 0.222 e. The van der Waals surface area contributed by atoms with Gasteiger partial charge in [0.2, 0.25) is 5.88 Å². The van der Waals surface area contributed by atoms with Crippen LogP contribution in [0.2, 0.25) is 5.15 Å². The SMILES string of the molecule is Nc1cc(Cl)nc(Oc2ccccc2I)c1. The number of aromatic nitrogens is 1. The van der Waals surface area contributed by atoms with Crippen LogP contribution in [0.15, 0.2) is 36.4 Å². The molecule has 2 rings (SSSR count). The van der Waals surface area contributed by atoms with Gasteiger partial charge >= 0.3 is 0 Å². The third kappa shape index (κ3) is 2.76. The van der Waals surface area contributed by atoms with Crippen molar-refractivity contribution in [2.24, 2.45) is 0 Å². The van der Waals surface area contributed by atoms with E-state index in [0.717, 1.165) is 9.32 Å². The summed E-state index contributed by atoms with van der Waals surface area (Å²) in [5, 5.41) is 0.320. The third-order valence-corrected chi connectivity index (χ3v) is 2.93. The van der Waals surface area contributed by atoms with Gasteiger partial charge in [0.1, 0.15) is 10.9 Å². The van der Waals surface area contributed by atoms with Crippen LogP contribution in [0, 0.1) is 3.57 Å². The molecular formula is C11H8ClIN2O. The molecule has 0 spiro atoms. The van der Waals surface area contributed by atoms with E-state index >= 15 is 0 Å². The zero-order valence-corrected chi connectivity index (χ0v) is 11.1. The lowest BCUT2D eigenvalue weighted by Gasteiger charge is -2.07. The number of rotatable bonds is 2. The number of benzene rings is 1. The first kappa shape index (κ1) is 11.5. The van der Waals surface area contributed by atoms with Crippen molar-refractivity contribution in [2.45, 2.75) is 0 Å². The standard InChI is InChI=1S/C11H8ClIN2O/c12-10-5-7(14)6-11(15-10)16-9-4-2-1-3-8(9)13/h1-6H,(H2,14,15). The highest BCUT2D eigenvalue weighted by Gasteiger charge is 2.04. The number of pyridine rings is 1. The predicted octanol–water partition coefficient (Wildman–Crippen LogP) is 3.71. The first-order valence-electron chi connectivity index (χ1n) is 4.50. The van der Waals surface area contributed by atoms with E-state index in [0.29, 0.717) is 16.7 Å². The van der Waals surface area contributed by atoms with E-state index in [4.69, 9.17) is 22.1 Å². The molecule has 3 nitrogen and oxygen atoms in total. The predicted molar refractivity (Wildman–Crippen MR) is 72.9 cm³/mol. The van der Waals surface area contributed by atoms with E-state index in [1.165, 1.54) is 0 Å². The van der Waals surface area contributed by atoms with Crippen molar-refractivity contribution in [3.8, 4) is 11.6 Å². The van der Waals surface area contributed by atoms with Gasteiger partial charge in [-0.2, -0.15) is 0 Å². The molecule has 1 aromatic heterocycles. The summed E-state index contributed by atoms with van der Waals surface area (Å²) in [7, 11) is 0. The van der Waals surface area contributed by atoms with Crippen LogP contribution in [-0.2, 0) is 0 Å². The number of anilines is 1. The van der Waals surface area contributed by atoms with Gasteiger partial charge < -0.3 is 10.5 Å². The van der Waals surface area contributed by atoms with Crippen LogP contribution in [0.1, 0.15) is 0 Å². The van der Waals surface area contributed by atoms with Gasteiger partial charge in [-0.3, -0.25) is 0 Å². The van der Waals surface area contributed by atoms with Crippen LogP contribution < -0.4 is 10.5 Å². The number of hydrogen-bond acceptors (Lipinski definition) is 3. The molecule has 0 fully saturated rings. The smallest absolute Gasteiger partial charge is 0.222 e. The van der Waals surface area contributed by atoms with E-state index in [1.54, 1.807) is 12.1 Å². The molecule has 0 aliphatic rings. The van der Waals surface area contributed by atoms with E-state index in [9.17, 15) is 0 Å². The van der Waals surface area contributed by atoms with E-state index in [2.05, 4.69) is 27.6 Å². The van der Waals surface area contributed by atoms with Gasteiger partial charge in [-0.15, -0.1) is 0 Å². The topological polar surface area (TPSA) is 48.1 Å². The van der Waals surface area contributed by atoms with Gasteiger partial charge in [-0.25, -0.2) is 4.98 Å². The van der Waals surface area contributed by atoms with Gasteiger partial charge in [0.05, 0.1) is 3.57 Å². The van der Waals surface area contributed by atoms with Gasteiger partial charge in [0.25, 0.3) is 0 Å². The lowest BCUT2D eigenvalue weighted by Crippen LogP contribution is -1.93. The van der Waals surface area contributed by atoms with Crippen molar-refractivity contribution >= 4 is 39.9 Å². The molecule has 5 heteroatoms. The molecule has 82 valence electrons. The molecule has 1 aromatic carbocycles. The first-order chi connectivity index (χ1) is 7.65. The fourth-order valence-corrected chi connectivity index (χ4v) is 1.89. The fourth-order valence-electron chi connectivity index (χ4n) is 1.18. The number of nitrogen functional groups attached to an aromatic ring is 1. The van der Waals surface area contributed by atoms with Crippen LogP contribution in [0.4, 0.5) is 5.69 Å². The van der Waals surface area contributed by atoms with Gasteiger partial charge in [0, 0.05) is 11.8 Å². The van der Waals surface area contributed by atoms with Crippen molar-refractivity contribution in [1.29, 1.82) is 0 Å². The van der Waals surface area contributed by atoms with Crippen molar-refractivity contribution < 1.29 is 4.74 Å². The van der Waals surface area contributed by atoms with Crippen molar-refractivity contribution in [3.63, 3.8) is 0 Å². The Hall–Kier alpha value is -1.01. The summed E-state index contributed by atoms with van der Waals surface area (Å²) in [6, 6.07) is 10.9. The Kier molecular flexibility index (Phi) is 3.50. The summed E-state index contributed by atoms with van der Waals surface area (Å²) in [6.45, 7) is 0. The van der Waals surface area contributed by atoms with Crippen LogP contribution >= 0.6 is 34.2 Å². The molecular weight excluding hydrogens is 338 g/mol. The quantitative estimate of drug-likeness (QED) is 0.666. The molecule has 0 bridgehead atoms. The normalized spacial score (nSPS) is 10.1. The van der Waals surface area contributed by atoms with Gasteiger partial charge in [-0.1, -0.05) is 23.7 Å². The molecule has 0 saturated heterocycles. The maximum atomic E-state index is 5.78. The summed E-state index contributed by atoms with van der Waals surface area (Å²) in [5.74, 6) is 1.13. The summed E-state index contributed by atoms with van der Waals surface area (Å²) in [5.41, 5.74) is 6.17. The van der Waals surface area contributed by atoms with Gasteiger partial charge in [0.15, 0.2) is 0 Å². The average Bonchev–Trinajstić information content (AvgIpc) is 2.20. The second-order valence-corrected chi connectivity index (χ2v) is 4.64. The minimum atomic E-state index is 0.320. The molecule has 0 saturated carbocycles. The van der Waals surface area contributed by atoms with E-state index < -0.39 is 0 Å². The zero-order valence-electron chi connectivity index (χ0n) is 8.15. The Morgan fingerprint density at radius 2 is 2.00 bits per heavy atom. The molecule has 2 N–H and O–H groups in total. The molecule has 16 heavy (non-hydrogen) atoms. The molecule has 0 amide bonds. The molecule has 0 aliphatic heterocycles. The minimum Gasteiger partial charge on any atom is -0.438 e. The molecule has 1 heterocycles. The van der Waals surface area contributed by atoms with Crippen molar-refractivity contribution in [2.75, 3.05) is 5.73 Å². The Labute approximate surface area is 112 Å². The summed E-state index contributed by atoms with van der Waals surface area (Å²) >= 11 is 7.97. The number of para-hydroxylation sites is 1. The highest BCUT2D eigenvalue weighted by atomic mass is 127. The number of halogens is 2. The highest BCUT2D eigenvalue weighted by Crippen LogP contribution is 2.27. The molecule has 0 radical (unpaired) electrons. The number of hydrogen-bond donors (Lipinski definition) is 1.